The van der Waals surface area contributed by atoms with E-state index in [0.717, 1.165) is 16.6 Å². The Hall–Kier alpha value is -1.88. The highest BCUT2D eigenvalue weighted by atomic mass is 15.2. The molecule has 2 rings (SSSR count). The molecule has 0 aliphatic heterocycles. The number of hydrogen-bond acceptors (Lipinski definition) is 3. The van der Waals surface area contributed by atoms with Crippen LogP contribution in [0.25, 0.3) is 11.0 Å². The topological polar surface area (TPSA) is 79.1 Å². The Morgan fingerprint density at radius 3 is 3.14 bits per heavy atom. The van der Waals surface area contributed by atoms with Crippen molar-refractivity contribution in [2.75, 3.05) is 0 Å². The van der Waals surface area contributed by atoms with E-state index in [1.807, 2.05) is 25.1 Å². The summed E-state index contributed by atoms with van der Waals surface area (Å²) < 4.78 is 0. The van der Waals surface area contributed by atoms with Gasteiger partial charge in [-0.05, 0) is 18.6 Å². The first-order valence-electron chi connectivity index (χ1n) is 4.25. The number of H-pyrrole nitrogens is 1. The molecule has 0 unspecified atom stereocenters. The number of aromatic amines is 1. The summed E-state index contributed by atoms with van der Waals surface area (Å²) in [6.45, 7) is 2.01. The summed E-state index contributed by atoms with van der Waals surface area (Å²) in [6.07, 6.45) is 1.38. The van der Waals surface area contributed by atoms with Gasteiger partial charge in [-0.2, -0.15) is 0 Å². The van der Waals surface area contributed by atoms with Crippen LogP contribution in [0, 0.1) is 6.92 Å². The molecule has 0 fully saturated rings. The van der Waals surface area contributed by atoms with Crippen molar-refractivity contribution in [1.29, 1.82) is 0 Å². The summed E-state index contributed by atoms with van der Waals surface area (Å²) in [4.78, 5) is 11.3. The normalized spacial score (nSPS) is 11.3. The van der Waals surface area contributed by atoms with Gasteiger partial charge in [0.1, 0.15) is 6.34 Å². The number of hydrogen-bond donors (Lipinski definition) is 3. The number of hydrazine groups is 1. The summed E-state index contributed by atoms with van der Waals surface area (Å²) in [7, 11) is 0. The molecule has 0 saturated heterocycles. The molecule has 1 aromatic carbocycles. The van der Waals surface area contributed by atoms with E-state index in [4.69, 9.17) is 5.84 Å². The zero-order chi connectivity index (χ0) is 9.97. The Labute approximate surface area is 81.0 Å². The highest BCUT2D eigenvalue weighted by Crippen LogP contribution is 2.18. The molecular weight excluding hydrogens is 178 g/mol. The molecule has 0 aliphatic rings. The molecule has 0 saturated carbocycles. The molecule has 0 radical (unpaired) electrons. The predicted octanol–water partition coefficient (Wildman–Crippen LogP) is 0.994. The van der Waals surface area contributed by atoms with E-state index in [2.05, 4.69) is 20.4 Å². The number of aryl methyl sites for hydroxylation is 1. The zero-order valence-corrected chi connectivity index (χ0v) is 7.78. The Balaban J connectivity index is 2.51. The van der Waals surface area contributed by atoms with Gasteiger partial charge < -0.3 is 10.4 Å². The van der Waals surface area contributed by atoms with Crippen molar-refractivity contribution in [2.24, 2.45) is 10.8 Å². The molecule has 4 N–H and O–H groups in total. The smallest absolute Gasteiger partial charge is 0.229 e. The van der Waals surface area contributed by atoms with E-state index in [-0.39, 0.29) is 0 Å². The van der Waals surface area contributed by atoms with Crippen LogP contribution in [-0.2, 0) is 0 Å². The standard InChI is InChI=1S/C9H11N5/c1-6-3-2-4-7-8(6)14-9(13-7)11-5-12-10/h2-5H,10H2,1H3,(H2,11,12,13,14). The molecule has 0 spiro atoms. The van der Waals surface area contributed by atoms with Crippen LogP contribution in [-0.4, -0.2) is 16.3 Å². The summed E-state index contributed by atoms with van der Waals surface area (Å²) >= 11 is 0. The Morgan fingerprint density at radius 2 is 2.43 bits per heavy atom. The van der Waals surface area contributed by atoms with Gasteiger partial charge in [-0.25, -0.2) is 15.8 Å². The lowest BCUT2D eigenvalue weighted by atomic mass is 10.2. The molecule has 5 nitrogen and oxygen atoms in total. The van der Waals surface area contributed by atoms with Crippen LogP contribution in [0.3, 0.4) is 0 Å². The minimum absolute atomic E-state index is 0.548. The third kappa shape index (κ3) is 1.45. The number of aliphatic imine (C=N–C) groups is 1. The first-order chi connectivity index (χ1) is 6.81. The second-order valence-corrected chi connectivity index (χ2v) is 2.96. The van der Waals surface area contributed by atoms with Crippen LogP contribution in [0.5, 0.6) is 0 Å². The molecule has 1 aromatic heterocycles. The quantitative estimate of drug-likeness (QED) is 0.285. The second kappa shape index (κ2) is 3.47. The fraction of sp³-hybridized carbons (Fsp3) is 0.111. The number of nitrogens with two attached hydrogens (primary N) is 1. The van der Waals surface area contributed by atoms with Crippen molar-refractivity contribution >= 4 is 23.3 Å². The minimum atomic E-state index is 0.548. The number of rotatable bonds is 2. The van der Waals surface area contributed by atoms with Gasteiger partial charge in [0.2, 0.25) is 5.95 Å². The van der Waals surface area contributed by atoms with Crippen LogP contribution < -0.4 is 11.3 Å². The Bertz CT molecular complexity index is 471. The van der Waals surface area contributed by atoms with Crippen LogP contribution >= 0.6 is 0 Å². The maximum Gasteiger partial charge on any atom is 0.229 e. The van der Waals surface area contributed by atoms with Crippen molar-refractivity contribution < 1.29 is 0 Å². The number of aromatic nitrogens is 2. The third-order valence-electron chi connectivity index (χ3n) is 1.96. The number of para-hydroxylation sites is 1. The molecule has 0 atom stereocenters. The average Bonchev–Trinajstić information content (AvgIpc) is 2.59. The van der Waals surface area contributed by atoms with E-state index in [0.29, 0.717) is 5.95 Å². The lowest BCUT2D eigenvalue weighted by Gasteiger charge is -1.90. The molecule has 2 aromatic rings. The highest BCUT2D eigenvalue weighted by molar-refractivity contribution is 5.80. The van der Waals surface area contributed by atoms with Crippen molar-refractivity contribution in [3.05, 3.63) is 23.8 Å². The SMILES string of the molecule is Cc1cccc2[nH]c(N=CNN)nc12. The van der Waals surface area contributed by atoms with E-state index in [1.54, 1.807) is 0 Å². The van der Waals surface area contributed by atoms with Crippen molar-refractivity contribution in [2.45, 2.75) is 6.92 Å². The lowest BCUT2D eigenvalue weighted by molar-refractivity contribution is 1.05. The van der Waals surface area contributed by atoms with Gasteiger partial charge >= 0.3 is 0 Å². The van der Waals surface area contributed by atoms with E-state index >= 15 is 0 Å². The van der Waals surface area contributed by atoms with Crippen LogP contribution in [0.15, 0.2) is 23.2 Å². The number of imidazole rings is 1. The lowest BCUT2D eigenvalue weighted by Crippen LogP contribution is -2.18. The van der Waals surface area contributed by atoms with Gasteiger partial charge in [0.15, 0.2) is 0 Å². The third-order valence-corrected chi connectivity index (χ3v) is 1.96. The average molecular weight is 189 g/mol. The first kappa shape index (κ1) is 8.71. The molecule has 0 amide bonds. The van der Waals surface area contributed by atoms with Crippen LogP contribution in [0.4, 0.5) is 5.95 Å². The van der Waals surface area contributed by atoms with Gasteiger partial charge in [0.25, 0.3) is 0 Å². The zero-order valence-electron chi connectivity index (χ0n) is 7.78. The van der Waals surface area contributed by atoms with Crippen LogP contribution in [0.1, 0.15) is 5.56 Å². The number of nitrogens with one attached hydrogen (secondary N) is 2. The van der Waals surface area contributed by atoms with Gasteiger partial charge in [-0.15, -0.1) is 0 Å². The fourth-order valence-corrected chi connectivity index (χ4v) is 1.32. The van der Waals surface area contributed by atoms with Crippen molar-refractivity contribution in [3.63, 3.8) is 0 Å². The molecule has 72 valence electrons. The van der Waals surface area contributed by atoms with E-state index in [9.17, 15) is 0 Å². The van der Waals surface area contributed by atoms with E-state index < -0.39 is 0 Å². The molecule has 14 heavy (non-hydrogen) atoms. The number of fused-ring (bicyclic) bond motifs is 1. The summed E-state index contributed by atoms with van der Waals surface area (Å²) in [5.74, 6) is 5.61. The van der Waals surface area contributed by atoms with Gasteiger partial charge in [-0.3, -0.25) is 0 Å². The first-order valence-corrected chi connectivity index (χ1v) is 4.25. The summed E-state index contributed by atoms with van der Waals surface area (Å²) in [6, 6.07) is 5.95. The van der Waals surface area contributed by atoms with Crippen molar-refractivity contribution in [3.8, 4) is 0 Å². The fourth-order valence-electron chi connectivity index (χ4n) is 1.32. The largest absolute Gasteiger partial charge is 0.322 e. The Kier molecular flexibility index (Phi) is 2.16. The second-order valence-electron chi connectivity index (χ2n) is 2.96. The summed E-state index contributed by atoms with van der Waals surface area (Å²) in [5.41, 5.74) is 5.37. The van der Waals surface area contributed by atoms with E-state index in [1.165, 1.54) is 6.34 Å². The molecule has 5 heteroatoms. The molecule has 1 heterocycles. The van der Waals surface area contributed by atoms with Crippen molar-refractivity contribution in [1.82, 2.24) is 15.4 Å². The van der Waals surface area contributed by atoms with Gasteiger partial charge in [0, 0.05) is 0 Å². The maximum atomic E-state index is 5.06. The molecular formula is C9H11N5. The Morgan fingerprint density at radius 1 is 1.57 bits per heavy atom. The minimum Gasteiger partial charge on any atom is -0.322 e. The molecule has 0 aliphatic carbocycles. The van der Waals surface area contributed by atoms with Crippen LogP contribution in [0.2, 0.25) is 0 Å². The monoisotopic (exact) mass is 189 g/mol. The highest BCUT2D eigenvalue weighted by Gasteiger charge is 2.02. The number of nitrogens with zero attached hydrogens (tertiary/aromatic N) is 2. The summed E-state index contributed by atoms with van der Waals surface area (Å²) in [5, 5.41) is 0. The van der Waals surface area contributed by atoms with Gasteiger partial charge in [-0.1, -0.05) is 12.1 Å². The van der Waals surface area contributed by atoms with Gasteiger partial charge in [0.05, 0.1) is 11.0 Å². The molecule has 0 bridgehead atoms. The maximum absolute atomic E-state index is 5.06. The number of benzene rings is 1. The predicted molar refractivity (Wildman–Crippen MR) is 56.3 cm³/mol.